The number of hydrogen-bond acceptors (Lipinski definition) is 3. The Labute approximate surface area is 158 Å². The molecule has 0 unspecified atom stereocenters. The topological polar surface area (TPSA) is 66.6 Å². The minimum atomic E-state index is -0.0289. The Balaban J connectivity index is 1.51. The van der Waals surface area contributed by atoms with Crippen LogP contribution in [0.15, 0.2) is 48.5 Å². The predicted molar refractivity (Wildman–Crippen MR) is 103 cm³/mol. The van der Waals surface area contributed by atoms with Gasteiger partial charge in [0.05, 0.1) is 6.54 Å². The summed E-state index contributed by atoms with van der Waals surface area (Å²) in [6.45, 7) is 1.78. The van der Waals surface area contributed by atoms with Gasteiger partial charge in [0.2, 0.25) is 11.8 Å². The number of carbonyl (C=O) groups is 2. The number of nitrogens with zero attached hydrogens (tertiary/aromatic N) is 2. The Morgan fingerprint density at radius 2 is 1.81 bits per heavy atom. The highest BCUT2D eigenvalue weighted by Gasteiger charge is 2.26. The van der Waals surface area contributed by atoms with E-state index in [1.165, 1.54) is 0 Å². The molecule has 1 heterocycles. The maximum absolute atomic E-state index is 12.4. The molecule has 26 heavy (non-hydrogen) atoms. The lowest BCUT2D eigenvalue weighted by Crippen LogP contribution is -2.51. The summed E-state index contributed by atoms with van der Waals surface area (Å²) in [6.07, 6.45) is 0.948. The average Bonchev–Trinajstić information content (AvgIpc) is 2.64. The quantitative estimate of drug-likeness (QED) is 0.822. The Kier molecular flexibility index (Phi) is 5.78. The number of aryl methyl sites for hydroxylation is 1. The van der Waals surface area contributed by atoms with Gasteiger partial charge in [-0.05, 0) is 35.7 Å². The molecule has 0 aliphatic carbocycles. The number of nitrogens with two attached hydrogens (primary N) is 1. The van der Waals surface area contributed by atoms with Crippen LogP contribution in [0, 0.1) is 0 Å². The van der Waals surface area contributed by atoms with E-state index in [1.807, 2.05) is 48.5 Å². The fraction of sp³-hybridized carbons (Fsp3) is 0.300. The molecular formula is C20H22ClN3O2. The fourth-order valence-electron chi connectivity index (χ4n) is 3.06. The molecule has 2 amide bonds. The number of halogens is 1. The van der Waals surface area contributed by atoms with Gasteiger partial charge in [0, 0.05) is 36.8 Å². The second kappa shape index (κ2) is 8.23. The first-order valence-corrected chi connectivity index (χ1v) is 9.04. The third kappa shape index (κ3) is 4.55. The van der Waals surface area contributed by atoms with Crippen molar-refractivity contribution in [3.8, 4) is 0 Å². The molecule has 2 aromatic carbocycles. The number of piperazine rings is 1. The summed E-state index contributed by atoms with van der Waals surface area (Å²) >= 11 is 5.89. The highest BCUT2D eigenvalue weighted by Crippen LogP contribution is 2.16. The standard InChI is InChI=1S/C20H22ClN3O2/c21-17-8-5-15(6-9-17)13-23-11-12-24(14-20(23)26)19(25)10-7-16-3-1-2-4-18(16)22/h1-6,8-9H,7,10-14,22H2. The van der Waals surface area contributed by atoms with Crippen molar-refractivity contribution < 1.29 is 9.59 Å². The van der Waals surface area contributed by atoms with Crippen molar-refractivity contribution in [2.45, 2.75) is 19.4 Å². The molecule has 0 atom stereocenters. The molecule has 1 aliphatic rings. The number of carbonyl (C=O) groups excluding carboxylic acids is 2. The Morgan fingerprint density at radius 1 is 1.08 bits per heavy atom. The number of amides is 2. The molecule has 2 aromatic rings. The van der Waals surface area contributed by atoms with Crippen molar-refractivity contribution in [3.05, 3.63) is 64.7 Å². The first kappa shape index (κ1) is 18.3. The number of para-hydroxylation sites is 1. The molecule has 0 spiro atoms. The first-order valence-electron chi connectivity index (χ1n) is 8.66. The average molecular weight is 372 g/mol. The van der Waals surface area contributed by atoms with Crippen LogP contribution in [0.4, 0.5) is 5.69 Å². The maximum atomic E-state index is 12.4. The van der Waals surface area contributed by atoms with Crippen molar-refractivity contribution in [3.63, 3.8) is 0 Å². The van der Waals surface area contributed by atoms with Gasteiger partial charge in [0.15, 0.2) is 0 Å². The summed E-state index contributed by atoms with van der Waals surface area (Å²) in [5.41, 5.74) is 8.61. The maximum Gasteiger partial charge on any atom is 0.242 e. The normalized spacial score (nSPS) is 14.6. The molecule has 2 N–H and O–H groups in total. The third-order valence-electron chi connectivity index (χ3n) is 4.62. The van der Waals surface area contributed by atoms with Gasteiger partial charge in [0.1, 0.15) is 0 Å². The van der Waals surface area contributed by atoms with E-state index in [9.17, 15) is 9.59 Å². The van der Waals surface area contributed by atoms with Gasteiger partial charge >= 0.3 is 0 Å². The summed E-state index contributed by atoms with van der Waals surface area (Å²) in [5.74, 6) is -0.0356. The summed E-state index contributed by atoms with van der Waals surface area (Å²) in [4.78, 5) is 28.2. The van der Waals surface area contributed by atoms with E-state index in [1.54, 1.807) is 9.80 Å². The van der Waals surface area contributed by atoms with Gasteiger partial charge in [-0.3, -0.25) is 9.59 Å². The van der Waals surface area contributed by atoms with E-state index in [2.05, 4.69) is 0 Å². The van der Waals surface area contributed by atoms with Crippen molar-refractivity contribution >= 4 is 29.1 Å². The molecule has 0 radical (unpaired) electrons. The smallest absolute Gasteiger partial charge is 0.242 e. The highest BCUT2D eigenvalue weighted by molar-refractivity contribution is 6.30. The van der Waals surface area contributed by atoms with E-state index >= 15 is 0 Å². The van der Waals surface area contributed by atoms with E-state index < -0.39 is 0 Å². The summed E-state index contributed by atoms with van der Waals surface area (Å²) in [7, 11) is 0. The molecule has 6 heteroatoms. The van der Waals surface area contributed by atoms with Crippen molar-refractivity contribution in [2.24, 2.45) is 0 Å². The zero-order valence-electron chi connectivity index (χ0n) is 14.5. The molecule has 0 bridgehead atoms. The summed E-state index contributed by atoms with van der Waals surface area (Å²) in [6, 6.07) is 15.0. The van der Waals surface area contributed by atoms with Crippen molar-refractivity contribution in [1.29, 1.82) is 0 Å². The molecule has 0 aromatic heterocycles. The molecule has 1 fully saturated rings. The molecule has 5 nitrogen and oxygen atoms in total. The molecule has 0 saturated carbocycles. The van der Waals surface area contributed by atoms with Crippen LogP contribution in [0.25, 0.3) is 0 Å². The molecule has 1 saturated heterocycles. The van der Waals surface area contributed by atoms with Gasteiger partial charge in [-0.2, -0.15) is 0 Å². The largest absolute Gasteiger partial charge is 0.399 e. The second-order valence-electron chi connectivity index (χ2n) is 6.46. The minimum absolute atomic E-state index is 0.00672. The lowest BCUT2D eigenvalue weighted by Gasteiger charge is -2.34. The number of anilines is 1. The van der Waals surface area contributed by atoms with E-state index in [0.29, 0.717) is 43.2 Å². The van der Waals surface area contributed by atoms with Crippen LogP contribution in [0.3, 0.4) is 0 Å². The molecule has 1 aliphatic heterocycles. The number of hydrogen-bond donors (Lipinski definition) is 1. The van der Waals surface area contributed by atoms with Crippen molar-refractivity contribution in [1.82, 2.24) is 9.80 Å². The Hall–Kier alpha value is -2.53. The first-order chi connectivity index (χ1) is 12.5. The second-order valence-corrected chi connectivity index (χ2v) is 6.89. The van der Waals surface area contributed by atoms with Crippen LogP contribution < -0.4 is 5.73 Å². The van der Waals surface area contributed by atoms with Crippen LogP contribution in [0.1, 0.15) is 17.5 Å². The van der Waals surface area contributed by atoms with Gasteiger partial charge < -0.3 is 15.5 Å². The lowest BCUT2D eigenvalue weighted by atomic mass is 10.1. The lowest BCUT2D eigenvalue weighted by molar-refractivity contribution is -0.145. The SMILES string of the molecule is Nc1ccccc1CCC(=O)N1CCN(Cc2ccc(Cl)cc2)C(=O)C1. The molecule has 136 valence electrons. The van der Waals surface area contributed by atoms with Crippen molar-refractivity contribution in [2.75, 3.05) is 25.4 Å². The highest BCUT2D eigenvalue weighted by atomic mass is 35.5. The number of nitrogen functional groups attached to an aromatic ring is 1. The van der Waals surface area contributed by atoms with E-state index in [0.717, 1.165) is 11.1 Å². The zero-order chi connectivity index (χ0) is 18.5. The van der Waals surface area contributed by atoms with Crippen LogP contribution in [-0.4, -0.2) is 41.2 Å². The summed E-state index contributed by atoms with van der Waals surface area (Å²) < 4.78 is 0. The number of rotatable bonds is 5. The van der Waals surface area contributed by atoms with Crippen LogP contribution >= 0.6 is 11.6 Å². The van der Waals surface area contributed by atoms with Crippen LogP contribution in [0.2, 0.25) is 5.02 Å². The van der Waals surface area contributed by atoms with E-state index in [4.69, 9.17) is 17.3 Å². The van der Waals surface area contributed by atoms with Crippen LogP contribution in [0.5, 0.6) is 0 Å². The minimum Gasteiger partial charge on any atom is -0.399 e. The van der Waals surface area contributed by atoms with Crippen LogP contribution in [-0.2, 0) is 22.6 Å². The Morgan fingerprint density at radius 3 is 2.50 bits per heavy atom. The fourth-order valence-corrected chi connectivity index (χ4v) is 3.19. The Bertz CT molecular complexity index is 792. The number of benzene rings is 2. The molecule has 3 rings (SSSR count). The van der Waals surface area contributed by atoms with Gasteiger partial charge in [-0.15, -0.1) is 0 Å². The molecular weight excluding hydrogens is 350 g/mol. The van der Waals surface area contributed by atoms with Gasteiger partial charge in [-0.25, -0.2) is 0 Å². The zero-order valence-corrected chi connectivity index (χ0v) is 15.3. The van der Waals surface area contributed by atoms with Gasteiger partial charge in [-0.1, -0.05) is 41.9 Å². The third-order valence-corrected chi connectivity index (χ3v) is 4.87. The predicted octanol–water partition coefficient (Wildman–Crippen LogP) is 2.73. The monoisotopic (exact) mass is 371 g/mol. The summed E-state index contributed by atoms with van der Waals surface area (Å²) in [5, 5.41) is 0.676. The van der Waals surface area contributed by atoms with E-state index in [-0.39, 0.29) is 18.4 Å². The van der Waals surface area contributed by atoms with Gasteiger partial charge in [0.25, 0.3) is 0 Å².